The average molecular weight is 525 g/mol. The van der Waals surface area contributed by atoms with Gasteiger partial charge in [0.05, 0.1) is 12.7 Å². The molecule has 1 aromatic carbocycles. The minimum Gasteiger partial charge on any atom is -0.383 e. The molecule has 1 aliphatic rings. The van der Waals surface area contributed by atoms with Crippen LogP contribution in [0.5, 0.6) is 0 Å². The lowest BCUT2D eigenvalue weighted by atomic mass is 9.79. The van der Waals surface area contributed by atoms with Gasteiger partial charge in [-0.1, -0.05) is 30.3 Å². The van der Waals surface area contributed by atoms with Gasteiger partial charge in [-0.2, -0.15) is 5.10 Å². The number of guanidine groups is 1. The number of nitrogens with one attached hydrogen (secondary N) is 2. The van der Waals surface area contributed by atoms with Crippen LogP contribution in [0.1, 0.15) is 56.6 Å². The maximum atomic E-state index is 10.8. The van der Waals surface area contributed by atoms with Crippen molar-refractivity contribution in [2.24, 2.45) is 18.0 Å². The van der Waals surface area contributed by atoms with Gasteiger partial charge in [-0.3, -0.25) is 4.68 Å². The molecular weight excluding hydrogens is 489 g/mol. The number of nitrogens with zero attached hydrogens (tertiary/aromatic N) is 3. The van der Waals surface area contributed by atoms with Crippen molar-refractivity contribution in [3.63, 3.8) is 0 Å². The number of halogens is 1. The Morgan fingerprint density at radius 3 is 2.50 bits per heavy atom. The van der Waals surface area contributed by atoms with Gasteiger partial charge < -0.3 is 15.7 Å². The van der Waals surface area contributed by atoms with Crippen LogP contribution in [-0.4, -0.2) is 40.5 Å². The molecule has 0 spiro atoms. The summed E-state index contributed by atoms with van der Waals surface area (Å²) in [5, 5.41) is 21.7. The lowest BCUT2D eigenvalue weighted by Crippen LogP contribution is -2.41. The quantitative estimate of drug-likeness (QED) is 0.292. The first-order valence-corrected chi connectivity index (χ1v) is 10.8. The molecule has 166 valence electrons. The summed E-state index contributed by atoms with van der Waals surface area (Å²) in [4.78, 5) is 4.63. The van der Waals surface area contributed by atoms with E-state index in [1.165, 1.54) is 31.2 Å². The second kappa shape index (κ2) is 11.7. The van der Waals surface area contributed by atoms with Crippen molar-refractivity contribution in [1.29, 1.82) is 0 Å². The summed E-state index contributed by atoms with van der Waals surface area (Å²) in [6, 6.07) is 10.9. The first-order chi connectivity index (χ1) is 14.0. The fraction of sp³-hybridized carbons (Fsp3) is 0.565. The maximum Gasteiger partial charge on any atom is 0.191 e. The number of aryl methyl sites for hydroxylation is 1. The zero-order valence-corrected chi connectivity index (χ0v) is 20.7. The van der Waals surface area contributed by atoms with Crippen LogP contribution in [0, 0.1) is 5.92 Å². The molecule has 1 aromatic heterocycles. The molecule has 1 saturated carbocycles. The van der Waals surface area contributed by atoms with Crippen molar-refractivity contribution < 1.29 is 5.11 Å². The van der Waals surface area contributed by atoms with Crippen LogP contribution >= 0.6 is 24.0 Å². The molecule has 3 rings (SSSR count). The minimum absolute atomic E-state index is 0. The maximum absolute atomic E-state index is 10.8. The van der Waals surface area contributed by atoms with E-state index >= 15 is 0 Å². The number of hydrogen-bond donors (Lipinski definition) is 3. The van der Waals surface area contributed by atoms with Crippen LogP contribution in [0.2, 0.25) is 0 Å². The van der Waals surface area contributed by atoms with E-state index in [0.29, 0.717) is 11.8 Å². The standard InChI is InChI=1S/C23H35N5O.HI/c1-4-24-22(26-17-23(2,29)21-15-27-28(3)16-21)25-14-18-10-12-20(13-11-18)19-8-6-5-7-9-19;/h5-9,15-16,18,20,29H,4,10-14,17H2,1-3H3,(H2,24,25,26);1H. The Labute approximate surface area is 197 Å². The smallest absolute Gasteiger partial charge is 0.191 e. The highest BCUT2D eigenvalue weighted by atomic mass is 127. The van der Waals surface area contributed by atoms with Crippen molar-refractivity contribution in [3.8, 4) is 0 Å². The van der Waals surface area contributed by atoms with Crippen LogP contribution < -0.4 is 10.6 Å². The van der Waals surface area contributed by atoms with Crippen molar-refractivity contribution in [3.05, 3.63) is 53.9 Å². The highest BCUT2D eigenvalue weighted by Crippen LogP contribution is 2.35. The second-order valence-electron chi connectivity index (χ2n) is 8.38. The van der Waals surface area contributed by atoms with Gasteiger partial charge in [-0.05, 0) is 56.9 Å². The molecule has 0 bridgehead atoms. The number of rotatable bonds is 7. The van der Waals surface area contributed by atoms with Crippen molar-refractivity contribution >= 4 is 29.9 Å². The Hall–Kier alpha value is -1.61. The van der Waals surface area contributed by atoms with Gasteiger partial charge in [0.2, 0.25) is 0 Å². The summed E-state index contributed by atoms with van der Waals surface area (Å²) in [6.45, 7) is 5.84. The van der Waals surface area contributed by atoms with E-state index < -0.39 is 5.60 Å². The number of benzene rings is 1. The molecule has 0 amide bonds. The largest absolute Gasteiger partial charge is 0.383 e. The molecule has 0 aliphatic heterocycles. The summed E-state index contributed by atoms with van der Waals surface area (Å²) < 4.78 is 1.70. The molecule has 0 saturated heterocycles. The van der Waals surface area contributed by atoms with E-state index in [9.17, 15) is 5.11 Å². The molecule has 2 aromatic rings. The van der Waals surface area contributed by atoms with Gasteiger partial charge in [-0.25, -0.2) is 4.99 Å². The third kappa shape index (κ3) is 6.97. The van der Waals surface area contributed by atoms with Crippen LogP contribution in [0.15, 0.2) is 47.7 Å². The van der Waals surface area contributed by atoms with Gasteiger partial charge in [0.25, 0.3) is 0 Å². The lowest BCUT2D eigenvalue weighted by Gasteiger charge is -2.29. The molecule has 0 radical (unpaired) electrons. The predicted octanol–water partition coefficient (Wildman–Crippen LogP) is 3.77. The van der Waals surface area contributed by atoms with Crippen LogP contribution in [0.25, 0.3) is 0 Å². The Morgan fingerprint density at radius 1 is 1.20 bits per heavy atom. The van der Waals surface area contributed by atoms with Crippen molar-refractivity contribution in [1.82, 2.24) is 20.4 Å². The van der Waals surface area contributed by atoms with Gasteiger partial charge in [0.1, 0.15) is 5.60 Å². The first-order valence-electron chi connectivity index (χ1n) is 10.8. The molecule has 1 aliphatic carbocycles. The summed E-state index contributed by atoms with van der Waals surface area (Å²) in [5.41, 5.74) is 1.22. The monoisotopic (exact) mass is 525 g/mol. The number of aliphatic hydroxyl groups is 1. The third-order valence-electron chi connectivity index (χ3n) is 5.89. The van der Waals surface area contributed by atoms with Crippen molar-refractivity contribution in [2.45, 2.75) is 51.0 Å². The summed E-state index contributed by atoms with van der Waals surface area (Å²) in [5.74, 6) is 2.13. The van der Waals surface area contributed by atoms with Gasteiger partial charge in [0.15, 0.2) is 5.96 Å². The molecule has 1 fully saturated rings. The minimum atomic E-state index is -1.04. The molecule has 1 atom stereocenters. The molecule has 3 N–H and O–H groups in total. The highest BCUT2D eigenvalue weighted by Gasteiger charge is 2.25. The normalized spacial score (nSPS) is 21.4. The first kappa shape index (κ1) is 24.7. The Bertz CT molecular complexity index is 782. The summed E-state index contributed by atoms with van der Waals surface area (Å²) in [6.07, 6.45) is 8.50. The molecular formula is C23H36IN5O. The van der Waals surface area contributed by atoms with Gasteiger partial charge >= 0.3 is 0 Å². The average Bonchev–Trinajstić information content (AvgIpc) is 3.18. The van der Waals surface area contributed by atoms with E-state index in [2.05, 4.69) is 58.0 Å². The van der Waals surface area contributed by atoms with E-state index in [0.717, 1.165) is 24.6 Å². The molecule has 1 heterocycles. The summed E-state index contributed by atoms with van der Waals surface area (Å²) >= 11 is 0. The van der Waals surface area contributed by atoms with Crippen LogP contribution in [-0.2, 0) is 12.6 Å². The van der Waals surface area contributed by atoms with E-state index in [4.69, 9.17) is 0 Å². The fourth-order valence-corrected chi connectivity index (χ4v) is 4.03. The Morgan fingerprint density at radius 2 is 1.90 bits per heavy atom. The van der Waals surface area contributed by atoms with Gasteiger partial charge in [-0.15, -0.1) is 24.0 Å². The molecule has 6 nitrogen and oxygen atoms in total. The number of hydrogen-bond acceptors (Lipinski definition) is 3. The highest BCUT2D eigenvalue weighted by molar-refractivity contribution is 14.0. The van der Waals surface area contributed by atoms with Crippen LogP contribution in [0.3, 0.4) is 0 Å². The summed E-state index contributed by atoms with van der Waals surface area (Å²) in [7, 11) is 1.85. The van der Waals surface area contributed by atoms with Crippen molar-refractivity contribution in [2.75, 3.05) is 19.6 Å². The predicted molar refractivity (Wildman–Crippen MR) is 133 cm³/mol. The Kier molecular flexibility index (Phi) is 9.61. The van der Waals surface area contributed by atoms with E-state index in [1.807, 2.05) is 13.2 Å². The Balaban J connectivity index is 0.00000320. The van der Waals surface area contributed by atoms with E-state index in [1.54, 1.807) is 17.8 Å². The topological polar surface area (TPSA) is 74.5 Å². The lowest BCUT2D eigenvalue weighted by molar-refractivity contribution is 0.0671. The number of aromatic nitrogens is 2. The molecule has 7 heteroatoms. The zero-order chi connectivity index (χ0) is 20.7. The SMILES string of the molecule is CCNC(=NCC(C)(O)c1cnn(C)c1)NCC1CCC(c2ccccc2)CC1.I. The molecule has 1 unspecified atom stereocenters. The fourth-order valence-electron chi connectivity index (χ4n) is 4.03. The van der Waals surface area contributed by atoms with Crippen LogP contribution in [0.4, 0.5) is 0 Å². The van der Waals surface area contributed by atoms with E-state index in [-0.39, 0.29) is 30.5 Å². The number of aliphatic imine (C=N–C) groups is 1. The zero-order valence-electron chi connectivity index (χ0n) is 18.3. The second-order valence-corrected chi connectivity index (χ2v) is 8.38. The molecule has 30 heavy (non-hydrogen) atoms. The van der Waals surface area contributed by atoms with Gasteiger partial charge in [0, 0.05) is 31.9 Å². The third-order valence-corrected chi connectivity index (χ3v) is 5.89.